The van der Waals surface area contributed by atoms with E-state index in [2.05, 4.69) is 21.3 Å². The first kappa shape index (κ1) is 66.9. The van der Waals surface area contributed by atoms with Crippen molar-refractivity contribution in [3.8, 4) is 17.2 Å². The van der Waals surface area contributed by atoms with Crippen LogP contribution in [0.2, 0.25) is 0 Å². The van der Waals surface area contributed by atoms with Gasteiger partial charge in [-0.2, -0.15) is 0 Å². The quantitative estimate of drug-likeness (QED) is 0.0250. The molecule has 27 heteroatoms. The van der Waals surface area contributed by atoms with Gasteiger partial charge in [-0.3, -0.25) is 48.4 Å². The molecule has 1 aliphatic rings. The van der Waals surface area contributed by atoms with E-state index in [1.165, 1.54) is 4.57 Å². The number of anilines is 2. The summed E-state index contributed by atoms with van der Waals surface area (Å²) in [7, 11) is 0. The van der Waals surface area contributed by atoms with Crippen LogP contribution in [0.5, 0.6) is 17.2 Å². The molecule has 84 heavy (non-hydrogen) atoms. The van der Waals surface area contributed by atoms with Gasteiger partial charge in [0.1, 0.15) is 18.1 Å². The molecule has 1 aromatic heterocycles. The number of hydrogen-bond acceptors (Lipinski definition) is 17. The van der Waals surface area contributed by atoms with Gasteiger partial charge in [0.15, 0.2) is 16.5 Å². The fourth-order valence-corrected chi connectivity index (χ4v) is 9.55. The average molecular weight is 1190 g/mol. The van der Waals surface area contributed by atoms with Crippen LogP contribution in [0.15, 0.2) is 83.8 Å². The van der Waals surface area contributed by atoms with Gasteiger partial charge in [-0.1, -0.05) is 42.5 Å². The van der Waals surface area contributed by atoms with E-state index >= 15 is 0 Å². The van der Waals surface area contributed by atoms with E-state index in [-0.39, 0.29) is 123 Å². The molecule has 5 rings (SSSR count). The van der Waals surface area contributed by atoms with E-state index in [0.717, 1.165) is 11.1 Å². The minimum Gasteiger partial charge on any atom is -0.494 e. The fourth-order valence-electron chi connectivity index (χ4n) is 9.33. The Morgan fingerprint density at radius 3 is 1.92 bits per heavy atom. The van der Waals surface area contributed by atoms with Crippen LogP contribution in [0.4, 0.5) is 16.2 Å². The lowest BCUT2D eigenvalue weighted by molar-refractivity contribution is -0.142. The number of hydrogen-bond donors (Lipinski definition) is 9. The molecule has 1 saturated heterocycles. The second-order valence-electron chi connectivity index (χ2n) is 19.6. The largest absolute Gasteiger partial charge is 0.494 e. The number of carbonyl (C=O) groups excluding carboxylic acids is 1. The number of ether oxygens (including phenoxy) is 5. The molecule has 0 spiro atoms. The number of para-hydroxylation sites is 1. The number of urea groups is 1. The summed E-state index contributed by atoms with van der Waals surface area (Å²) in [6.07, 6.45) is 1.48. The number of carboxylic acids is 5. The number of pyridine rings is 1. The van der Waals surface area contributed by atoms with E-state index in [9.17, 15) is 59.1 Å². The van der Waals surface area contributed by atoms with Crippen LogP contribution in [0.1, 0.15) is 48.6 Å². The zero-order valence-corrected chi connectivity index (χ0v) is 48.3. The van der Waals surface area contributed by atoms with Crippen molar-refractivity contribution in [1.82, 2.24) is 34.8 Å². The molecule has 1 aliphatic heterocycles. The maximum absolute atomic E-state index is 14.2. The van der Waals surface area contributed by atoms with Gasteiger partial charge in [0, 0.05) is 81.4 Å². The van der Waals surface area contributed by atoms with Crippen molar-refractivity contribution in [2.45, 2.75) is 52.2 Å². The highest BCUT2D eigenvalue weighted by Crippen LogP contribution is 2.28. The van der Waals surface area contributed by atoms with Gasteiger partial charge in [-0.05, 0) is 80.9 Å². The zero-order chi connectivity index (χ0) is 61.0. The van der Waals surface area contributed by atoms with E-state index in [1.807, 2.05) is 44.2 Å². The first-order chi connectivity index (χ1) is 40.3. The Kier molecular flexibility index (Phi) is 28.1. The molecule has 0 aliphatic carbocycles. The second-order valence-corrected chi connectivity index (χ2v) is 20.0. The third-order valence-corrected chi connectivity index (χ3v) is 13.4. The number of carboxylic acid groups (broad SMARTS) is 5. The Morgan fingerprint density at radius 1 is 0.667 bits per heavy atom. The molecule has 3 aromatic carbocycles. The second kappa shape index (κ2) is 35.3. The van der Waals surface area contributed by atoms with E-state index < -0.39 is 59.9 Å². The number of benzene rings is 3. The molecule has 4 aromatic rings. The SMILES string of the molecule is CCOc1cccc([C@H](CC(=O)O)NC(=O)Nc2c(OCCOCCOCCNC(=S)Nc3ccc(CC4CN(CC(=O)O)CCN(CC(=O)O)CCN(CC(=O)O)CCN4CC(=O)O)cc3)c(C)cn(Cc3ccccc3OCC)c2=O)c1. The average Bonchev–Trinajstić information content (AvgIpc) is 2.82. The van der Waals surface area contributed by atoms with Crippen molar-refractivity contribution in [2.24, 2.45) is 0 Å². The Balaban J connectivity index is 1.13. The minimum atomic E-state index is -1.16. The van der Waals surface area contributed by atoms with Crippen LogP contribution in [0.3, 0.4) is 0 Å². The summed E-state index contributed by atoms with van der Waals surface area (Å²) in [5.74, 6) is -4.33. The third kappa shape index (κ3) is 23.7. The highest BCUT2D eigenvalue weighted by Gasteiger charge is 2.28. The van der Waals surface area contributed by atoms with Crippen molar-refractivity contribution in [3.05, 3.63) is 112 Å². The van der Waals surface area contributed by atoms with Crippen molar-refractivity contribution < 1.29 is 78.0 Å². The van der Waals surface area contributed by atoms with Gasteiger partial charge in [0.25, 0.3) is 5.56 Å². The number of amides is 2. The maximum atomic E-state index is 14.2. The Hall–Kier alpha value is -7.92. The van der Waals surface area contributed by atoms with Gasteiger partial charge in [0.05, 0.1) is 84.8 Å². The summed E-state index contributed by atoms with van der Waals surface area (Å²) in [6, 6.07) is 18.9. The predicted molar refractivity (Wildman–Crippen MR) is 314 cm³/mol. The normalized spacial score (nSPS) is 15.1. The topological polar surface area (TPSA) is 333 Å². The van der Waals surface area contributed by atoms with Gasteiger partial charge in [-0.15, -0.1) is 0 Å². The Morgan fingerprint density at radius 2 is 1.27 bits per heavy atom. The summed E-state index contributed by atoms with van der Waals surface area (Å²) in [5, 5.41) is 60.5. The van der Waals surface area contributed by atoms with Crippen LogP contribution in [-0.2, 0) is 46.4 Å². The molecule has 458 valence electrons. The van der Waals surface area contributed by atoms with Crippen molar-refractivity contribution in [1.29, 1.82) is 0 Å². The summed E-state index contributed by atoms with van der Waals surface area (Å²) in [5.41, 5.74) is 2.44. The number of aromatic nitrogens is 1. The Labute approximate surface area is 492 Å². The molecule has 26 nitrogen and oxygen atoms in total. The molecular weight excluding hydrogens is 1110 g/mol. The molecule has 2 amide bonds. The molecule has 0 saturated carbocycles. The Bertz CT molecular complexity index is 2880. The highest BCUT2D eigenvalue weighted by atomic mass is 32.1. The van der Waals surface area contributed by atoms with Crippen LogP contribution in [0, 0.1) is 6.92 Å². The van der Waals surface area contributed by atoms with Crippen molar-refractivity contribution in [2.75, 3.05) is 135 Å². The maximum Gasteiger partial charge on any atom is 0.319 e. The number of aliphatic carboxylic acids is 5. The van der Waals surface area contributed by atoms with Crippen molar-refractivity contribution in [3.63, 3.8) is 0 Å². The number of nitrogens with one attached hydrogen (secondary N) is 4. The first-order valence-electron chi connectivity index (χ1n) is 27.5. The van der Waals surface area contributed by atoms with E-state index in [4.69, 9.17) is 35.9 Å². The number of carbonyl (C=O) groups is 6. The molecule has 2 heterocycles. The molecule has 1 unspecified atom stereocenters. The van der Waals surface area contributed by atoms with Gasteiger partial charge in [0.2, 0.25) is 0 Å². The number of nitrogens with zero attached hydrogens (tertiary/aromatic N) is 5. The lowest BCUT2D eigenvalue weighted by atomic mass is 10.0. The lowest BCUT2D eigenvalue weighted by Crippen LogP contribution is -2.53. The minimum absolute atomic E-state index is 0.0111. The van der Waals surface area contributed by atoms with E-state index in [0.29, 0.717) is 59.6 Å². The molecule has 1 fully saturated rings. The molecule has 0 bridgehead atoms. The van der Waals surface area contributed by atoms with Crippen LogP contribution < -0.4 is 41.0 Å². The summed E-state index contributed by atoms with van der Waals surface area (Å²) in [6.45, 7) is 7.27. The van der Waals surface area contributed by atoms with Gasteiger partial charge < -0.3 is 75.1 Å². The van der Waals surface area contributed by atoms with Crippen LogP contribution >= 0.6 is 12.2 Å². The number of aryl methyl sites for hydroxylation is 1. The van der Waals surface area contributed by atoms with E-state index in [1.54, 1.807) is 75.2 Å². The summed E-state index contributed by atoms with van der Waals surface area (Å²) >= 11 is 5.51. The van der Waals surface area contributed by atoms with Crippen molar-refractivity contribution >= 4 is 64.6 Å². The van der Waals surface area contributed by atoms with Gasteiger partial charge in [-0.25, -0.2) is 4.79 Å². The first-order valence-corrected chi connectivity index (χ1v) is 27.9. The highest BCUT2D eigenvalue weighted by molar-refractivity contribution is 7.80. The zero-order valence-electron chi connectivity index (χ0n) is 47.5. The van der Waals surface area contributed by atoms with Crippen LogP contribution in [0.25, 0.3) is 0 Å². The summed E-state index contributed by atoms with van der Waals surface area (Å²) < 4.78 is 30.4. The number of thiocarbonyl (C=S) groups is 1. The van der Waals surface area contributed by atoms with Gasteiger partial charge >= 0.3 is 35.9 Å². The third-order valence-electron chi connectivity index (χ3n) is 13.1. The molecule has 2 atom stereocenters. The smallest absolute Gasteiger partial charge is 0.319 e. The fraction of sp³-hybridized carbons (Fsp3) is 0.474. The molecule has 9 N–H and O–H groups in total. The number of rotatable bonds is 32. The predicted octanol–water partition coefficient (Wildman–Crippen LogP) is 3.21. The monoisotopic (exact) mass is 1190 g/mol. The summed E-state index contributed by atoms with van der Waals surface area (Å²) in [4.78, 5) is 94.0. The lowest BCUT2D eigenvalue weighted by Gasteiger charge is -2.37. The molecule has 0 radical (unpaired) electrons. The molecular formula is C57H77N9O17S. The standard InChI is InChI=1S/C57H77N9O17S/c1-4-81-45-11-8-10-41(30-45)46(31-48(67)68)60-56(78)61-53-54(39(3)32-66(55(53)77)33-42-9-6-7-12-47(42)82-5-2)83-28-27-80-26-25-79-24-17-58-57(84)59-43-15-13-40(14-16-43)29-44-34-64(37-51(73)74)21-20-62(35-49(69)70)18-19-63(36-50(71)72)22-23-65(44)38-52(75)76/h6-16,30,32,44,46H,4-5,17-29,31,33-38H2,1-3H3,(H,67,68)(H,69,70)(H,71,72)(H,73,74)(H,75,76)(H2,58,59,84)(H2,60,61,78)/t44?,46-/m0/s1. The van der Waals surface area contributed by atoms with Crippen LogP contribution in [-0.4, -0.2) is 222 Å².